The summed E-state index contributed by atoms with van der Waals surface area (Å²) in [6.07, 6.45) is 2.04. The molecule has 7 nitrogen and oxygen atoms in total. The van der Waals surface area contributed by atoms with E-state index in [1.165, 1.54) is 25.2 Å². The van der Waals surface area contributed by atoms with Gasteiger partial charge in [-0.15, -0.1) is 12.4 Å². The second kappa shape index (κ2) is 8.59. The highest BCUT2D eigenvalue weighted by Gasteiger charge is 2.21. The number of hydrogen-bond donors (Lipinski definition) is 3. The summed E-state index contributed by atoms with van der Waals surface area (Å²) in [7, 11) is -5.92. The van der Waals surface area contributed by atoms with Crippen molar-refractivity contribution in [2.75, 3.05) is 26.7 Å². The third kappa shape index (κ3) is 5.14. The molecule has 1 unspecified atom stereocenters. The topological polar surface area (TPSA) is 104 Å². The minimum absolute atomic E-state index is 0. The number of halogens is 1. The minimum Gasteiger partial charge on any atom is -0.316 e. The van der Waals surface area contributed by atoms with E-state index < -0.39 is 20.0 Å². The highest BCUT2D eigenvalue weighted by molar-refractivity contribution is 7.90. The average Bonchev–Trinajstić information content (AvgIpc) is 2.53. The molecule has 0 radical (unpaired) electrons. The first-order chi connectivity index (χ1) is 10.8. The highest BCUT2D eigenvalue weighted by atomic mass is 35.5. The SMILES string of the molecule is CNS(=O)(=O)c1ccc(S(=O)(=O)NCC2CCCNC2)cc1C.Cl. The Hall–Kier alpha value is -0.710. The van der Waals surface area contributed by atoms with Crippen LogP contribution in [0.2, 0.25) is 0 Å². The highest BCUT2D eigenvalue weighted by Crippen LogP contribution is 2.19. The molecule has 10 heteroatoms. The van der Waals surface area contributed by atoms with Crippen LogP contribution in [0.25, 0.3) is 0 Å². The normalized spacial score (nSPS) is 18.8. The first kappa shape index (κ1) is 21.3. The fourth-order valence-electron chi connectivity index (χ4n) is 2.61. The maximum atomic E-state index is 12.4. The maximum absolute atomic E-state index is 12.4. The van der Waals surface area contributed by atoms with Gasteiger partial charge >= 0.3 is 0 Å². The Morgan fingerprint density at radius 2 is 1.92 bits per heavy atom. The van der Waals surface area contributed by atoms with Crippen LogP contribution in [0.15, 0.2) is 28.0 Å². The van der Waals surface area contributed by atoms with Crippen LogP contribution < -0.4 is 14.8 Å². The minimum atomic E-state index is -3.64. The zero-order chi connectivity index (χ0) is 17.1. The number of piperidine rings is 1. The largest absolute Gasteiger partial charge is 0.316 e. The van der Waals surface area contributed by atoms with Gasteiger partial charge in [0.25, 0.3) is 0 Å². The third-order valence-corrected chi connectivity index (χ3v) is 6.97. The Morgan fingerprint density at radius 1 is 1.21 bits per heavy atom. The van der Waals surface area contributed by atoms with Gasteiger partial charge in [0.15, 0.2) is 0 Å². The number of sulfonamides is 2. The predicted octanol–water partition coefficient (Wildman–Crippen LogP) is 0.603. The second-order valence-electron chi connectivity index (χ2n) is 5.70. The predicted molar refractivity (Wildman–Crippen MR) is 95.5 cm³/mol. The van der Waals surface area contributed by atoms with Crippen molar-refractivity contribution in [1.29, 1.82) is 0 Å². The smallest absolute Gasteiger partial charge is 0.240 e. The standard InChI is InChI=1S/C14H23N3O4S2.ClH/c1-11-8-13(5-6-14(11)23(20,21)15-2)22(18,19)17-10-12-4-3-7-16-9-12;/h5-6,8,12,15-17H,3-4,7,9-10H2,1-2H3;1H. The summed E-state index contributed by atoms with van der Waals surface area (Å²) in [6.45, 7) is 3.74. The number of rotatable bonds is 6. The summed E-state index contributed by atoms with van der Waals surface area (Å²) in [5.41, 5.74) is 0.390. The van der Waals surface area contributed by atoms with Gasteiger partial charge in [-0.1, -0.05) is 0 Å². The van der Waals surface area contributed by atoms with E-state index in [2.05, 4.69) is 14.8 Å². The summed E-state index contributed by atoms with van der Waals surface area (Å²) in [4.78, 5) is 0.157. The quantitative estimate of drug-likeness (QED) is 0.652. The second-order valence-corrected chi connectivity index (χ2v) is 9.32. The van der Waals surface area contributed by atoms with E-state index in [1.807, 2.05) is 0 Å². The van der Waals surface area contributed by atoms with E-state index in [0.29, 0.717) is 12.1 Å². The number of aryl methyl sites for hydroxylation is 1. The fraction of sp³-hybridized carbons (Fsp3) is 0.571. The van der Waals surface area contributed by atoms with Crippen LogP contribution in [0.4, 0.5) is 0 Å². The van der Waals surface area contributed by atoms with Crippen LogP contribution in [0, 0.1) is 12.8 Å². The zero-order valence-electron chi connectivity index (χ0n) is 13.7. The summed E-state index contributed by atoms with van der Waals surface area (Å²) >= 11 is 0. The number of hydrogen-bond acceptors (Lipinski definition) is 5. The Kier molecular flexibility index (Phi) is 7.64. The van der Waals surface area contributed by atoms with E-state index in [0.717, 1.165) is 25.9 Å². The molecule has 1 atom stereocenters. The van der Waals surface area contributed by atoms with Crippen LogP contribution in [0.5, 0.6) is 0 Å². The lowest BCUT2D eigenvalue weighted by atomic mass is 10.0. The summed E-state index contributed by atoms with van der Waals surface area (Å²) < 4.78 is 53.2. The summed E-state index contributed by atoms with van der Waals surface area (Å²) in [6, 6.07) is 4.02. The molecule has 0 spiro atoms. The van der Waals surface area contributed by atoms with Crippen molar-refractivity contribution in [3.8, 4) is 0 Å². The van der Waals surface area contributed by atoms with Gasteiger partial charge in [-0.2, -0.15) is 0 Å². The number of benzene rings is 1. The van der Waals surface area contributed by atoms with Crippen molar-refractivity contribution >= 4 is 32.5 Å². The van der Waals surface area contributed by atoms with Gasteiger partial charge in [0.1, 0.15) is 0 Å². The Balaban J connectivity index is 0.00000288. The number of nitrogens with one attached hydrogen (secondary N) is 3. The van der Waals surface area contributed by atoms with E-state index in [1.54, 1.807) is 6.92 Å². The van der Waals surface area contributed by atoms with E-state index in [-0.39, 0.29) is 28.1 Å². The van der Waals surface area contributed by atoms with Crippen molar-refractivity contribution in [2.24, 2.45) is 5.92 Å². The van der Waals surface area contributed by atoms with E-state index >= 15 is 0 Å². The zero-order valence-corrected chi connectivity index (χ0v) is 16.2. The van der Waals surface area contributed by atoms with Crippen molar-refractivity contribution in [3.63, 3.8) is 0 Å². The van der Waals surface area contributed by atoms with Crippen LogP contribution in [0.1, 0.15) is 18.4 Å². The van der Waals surface area contributed by atoms with Gasteiger partial charge in [-0.25, -0.2) is 26.3 Å². The lowest BCUT2D eigenvalue weighted by molar-refractivity contribution is 0.376. The molecule has 1 heterocycles. The molecule has 0 aromatic heterocycles. The van der Waals surface area contributed by atoms with Crippen LogP contribution in [0.3, 0.4) is 0 Å². The fourth-order valence-corrected chi connectivity index (χ4v) is 4.76. The van der Waals surface area contributed by atoms with Gasteiger partial charge in [-0.05, 0) is 69.6 Å². The Labute approximate surface area is 150 Å². The molecule has 138 valence electrons. The lowest BCUT2D eigenvalue weighted by Gasteiger charge is -2.22. The first-order valence-electron chi connectivity index (χ1n) is 7.51. The molecule has 1 fully saturated rings. The summed E-state index contributed by atoms with van der Waals surface area (Å²) in [5, 5.41) is 3.24. The van der Waals surface area contributed by atoms with Crippen LogP contribution in [-0.2, 0) is 20.0 Å². The van der Waals surface area contributed by atoms with Crippen LogP contribution in [-0.4, -0.2) is 43.5 Å². The van der Waals surface area contributed by atoms with Crippen molar-refractivity contribution in [3.05, 3.63) is 23.8 Å². The summed E-state index contributed by atoms with van der Waals surface area (Å²) in [5.74, 6) is 0.281. The molecule has 1 aromatic rings. The monoisotopic (exact) mass is 397 g/mol. The van der Waals surface area contributed by atoms with E-state index in [9.17, 15) is 16.8 Å². The van der Waals surface area contributed by atoms with E-state index in [4.69, 9.17) is 0 Å². The third-order valence-electron chi connectivity index (χ3n) is 3.98. The molecule has 1 aliphatic heterocycles. The molecule has 0 saturated carbocycles. The molecule has 24 heavy (non-hydrogen) atoms. The molecule has 2 rings (SSSR count). The van der Waals surface area contributed by atoms with Crippen molar-refractivity contribution < 1.29 is 16.8 Å². The van der Waals surface area contributed by atoms with Gasteiger partial charge < -0.3 is 5.32 Å². The molecule has 1 saturated heterocycles. The van der Waals surface area contributed by atoms with Gasteiger partial charge in [-0.3, -0.25) is 0 Å². The Bertz CT molecular complexity index is 760. The lowest BCUT2D eigenvalue weighted by Crippen LogP contribution is -2.38. The molecule has 3 N–H and O–H groups in total. The van der Waals surface area contributed by atoms with Crippen molar-refractivity contribution in [1.82, 2.24) is 14.8 Å². The molecule has 0 aliphatic carbocycles. The molecule has 0 amide bonds. The van der Waals surface area contributed by atoms with Crippen LogP contribution >= 0.6 is 12.4 Å². The Morgan fingerprint density at radius 3 is 2.46 bits per heavy atom. The molecular weight excluding hydrogens is 374 g/mol. The van der Waals surface area contributed by atoms with Crippen molar-refractivity contribution in [2.45, 2.75) is 29.6 Å². The molecule has 0 bridgehead atoms. The van der Waals surface area contributed by atoms with Gasteiger partial charge in [0.2, 0.25) is 20.0 Å². The molecular formula is C14H24ClN3O4S2. The molecule has 1 aliphatic rings. The van der Waals surface area contributed by atoms with Gasteiger partial charge in [0.05, 0.1) is 9.79 Å². The first-order valence-corrected chi connectivity index (χ1v) is 10.5. The van der Waals surface area contributed by atoms with Gasteiger partial charge in [0, 0.05) is 6.54 Å². The average molecular weight is 398 g/mol. The maximum Gasteiger partial charge on any atom is 0.240 e. The molecule has 1 aromatic carbocycles.